The number of hydrogen-bond acceptors (Lipinski definition) is 3. The number of rotatable bonds is 2. The van der Waals surface area contributed by atoms with E-state index in [1.54, 1.807) is 0 Å². The summed E-state index contributed by atoms with van der Waals surface area (Å²) in [6.45, 7) is 0.167. The highest BCUT2D eigenvalue weighted by molar-refractivity contribution is 14.1. The zero-order valence-electron chi connectivity index (χ0n) is 14.2. The molecule has 0 bridgehead atoms. The van der Waals surface area contributed by atoms with Crippen LogP contribution in [0.2, 0.25) is 0 Å². The number of hydrogen-bond donors (Lipinski definition) is 1. The van der Waals surface area contributed by atoms with E-state index in [9.17, 15) is 18.0 Å². The summed E-state index contributed by atoms with van der Waals surface area (Å²) in [6, 6.07) is 7.44. The zero-order valence-corrected chi connectivity index (χ0v) is 16.4. The van der Waals surface area contributed by atoms with Gasteiger partial charge >= 0.3 is 6.18 Å². The number of aromatic nitrogens is 2. The van der Waals surface area contributed by atoms with Gasteiger partial charge in [-0.25, -0.2) is 4.98 Å². The van der Waals surface area contributed by atoms with Gasteiger partial charge in [0.2, 0.25) is 0 Å². The van der Waals surface area contributed by atoms with Gasteiger partial charge in [0.05, 0.1) is 12.0 Å². The van der Waals surface area contributed by atoms with Gasteiger partial charge in [-0.1, -0.05) is 18.2 Å². The maximum absolute atomic E-state index is 13.0. The lowest BCUT2D eigenvalue weighted by atomic mass is 9.99. The molecule has 9 heteroatoms. The second-order valence-electron chi connectivity index (χ2n) is 6.85. The lowest BCUT2D eigenvalue weighted by Crippen LogP contribution is -2.43. The van der Waals surface area contributed by atoms with Gasteiger partial charge in [-0.05, 0) is 47.1 Å². The van der Waals surface area contributed by atoms with Crippen molar-refractivity contribution in [2.45, 2.75) is 38.0 Å². The van der Waals surface area contributed by atoms with Crippen LogP contribution < -0.4 is 10.1 Å². The number of nitrogens with one attached hydrogen (secondary N) is 1. The van der Waals surface area contributed by atoms with Crippen LogP contribution in [-0.2, 0) is 19.4 Å². The zero-order chi connectivity index (χ0) is 19.2. The molecule has 1 aromatic heterocycles. The number of halogens is 4. The number of benzene rings is 1. The summed E-state index contributed by atoms with van der Waals surface area (Å²) in [5.74, 6) is -0.423. The molecule has 144 valence electrons. The van der Waals surface area contributed by atoms with E-state index in [0.717, 1.165) is 11.3 Å². The van der Waals surface area contributed by atoms with E-state index in [2.05, 4.69) is 10.3 Å². The molecular weight excluding hydrogens is 474 g/mol. The Labute approximate surface area is 167 Å². The fourth-order valence-electron chi connectivity index (χ4n) is 3.55. The van der Waals surface area contributed by atoms with Crippen molar-refractivity contribution in [3.8, 4) is 5.75 Å². The predicted molar refractivity (Wildman–Crippen MR) is 99.7 cm³/mol. The number of ether oxygens (including phenoxy) is 1. The first-order valence-electron chi connectivity index (χ1n) is 8.66. The molecule has 2 atom stereocenters. The Hall–Kier alpha value is -1.78. The van der Waals surface area contributed by atoms with Crippen molar-refractivity contribution in [1.29, 1.82) is 0 Å². The highest BCUT2D eigenvalue weighted by Gasteiger charge is 2.42. The molecule has 0 saturated heterocycles. The van der Waals surface area contributed by atoms with Crippen molar-refractivity contribution in [2.24, 2.45) is 5.92 Å². The first-order valence-corrected chi connectivity index (χ1v) is 9.74. The quantitative estimate of drug-likeness (QED) is 0.657. The van der Waals surface area contributed by atoms with E-state index < -0.39 is 12.1 Å². The first-order chi connectivity index (χ1) is 12.8. The number of imidazole rings is 1. The largest absolute Gasteiger partial charge is 0.491 e. The molecule has 0 saturated carbocycles. The van der Waals surface area contributed by atoms with Gasteiger partial charge in [-0.15, -0.1) is 0 Å². The Balaban J connectivity index is 1.49. The third-order valence-electron chi connectivity index (χ3n) is 5.00. The molecule has 1 N–H and O–H groups in total. The molecule has 0 fully saturated rings. The van der Waals surface area contributed by atoms with Crippen LogP contribution >= 0.6 is 22.6 Å². The Bertz CT molecular complexity index is 881. The summed E-state index contributed by atoms with van der Waals surface area (Å²) in [7, 11) is 0. The molecular formula is C18H17F3IN3O2. The Kier molecular flexibility index (Phi) is 4.81. The molecule has 3 heterocycles. The standard InChI is InChI=1S/C18H17F3IN3O2/c19-18(20,21)11-5-6-14-24-15(16(22)25(14)8-11)17(26)23-12-7-10-3-1-2-4-13(10)27-9-12/h1-4,11-12H,5-9H2,(H,23,26). The van der Waals surface area contributed by atoms with Gasteiger partial charge in [-0.2, -0.15) is 13.2 Å². The van der Waals surface area contributed by atoms with Gasteiger partial charge in [0.15, 0.2) is 5.69 Å². The van der Waals surface area contributed by atoms with Crippen LogP contribution in [0.15, 0.2) is 24.3 Å². The molecule has 4 rings (SSSR count). The van der Waals surface area contributed by atoms with Crippen molar-refractivity contribution in [1.82, 2.24) is 14.9 Å². The average Bonchev–Trinajstić information content (AvgIpc) is 2.97. The highest BCUT2D eigenvalue weighted by Crippen LogP contribution is 2.35. The van der Waals surface area contributed by atoms with Crippen molar-refractivity contribution in [3.05, 3.63) is 45.0 Å². The number of aryl methyl sites for hydroxylation is 1. The summed E-state index contributed by atoms with van der Waals surface area (Å²) < 4.78 is 46.7. The number of carbonyl (C=O) groups is 1. The van der Waals surface area contributed by atoms with Crippen molar-refractivity contribution in [2.75, 3.05) is 6.61 Å². The summed E-state index contributed by atoms with van der Waals surface area (Å²) in [5.41, 5.74) is 1.20. The molecule has 0 aliphatic carbocycles. The average molecular weight is 491 g/mol. The van der Waals surface area contributed by atoms with Gasteiger partial charge in [-0.3, -0.25) is 4.79 Å². The number of fused-ring (bicyclic) bond motifs is 2. The number of amides is 1. The molecule has 0 spiro atoms. The van der Waals surface area contributed by atoms with Gasteiger partial charge in [0, 0.05) is 13.0 Å². The monoisotopic (exact) mass is 491 g/mol. The normalized spacial score (nSPS) is 21.8. The second kappa shape index (κ2) is 6.99. The van der Waals surface area contributed by atoms with E-state index in [1.165, 1.54) is 4.57 Å². The first kappa shape index (κ1) is 18.6. The summed E-state index contributed by atoms with van der Waals surface area (Å²) in [4.78, 5) is 17.0. The molecule has 0 radical (unpaired) electrons. The van der Waals surface area contributed by atoms with Crippen molar-refractivity contribution < 1.29 is 22.7 Å². The Morgan fingerprint density at radius 2 is 2.11 bits per heavy atom. The van der Waals surface area contributed by atoms with Crippen LogP contribution in [0.4, 0.5) is 13.2 Å². The molecule has 2 aliphatic rings. The van der Waals surface area contributed by atoms with Gasteiger partial charge < -0.3 is 14.6 Å². The van der Waals surface area contributed by atoms with Crippen LogP contribution in [0, 0.1) is 9.62 Å². The molecule has 1 aromatic carbocycles. The lowest BCUT2D eigenvalue weighted by Gasteiger charge is -2.26. The molecule has 5 nitrogen and oxygen atoms in total. The Morgan fingerprint density at radius 1 is 1.33 bits per heavy atom. The second-order valence-corrected chi connectivity index (χ2v) is 7.87. The van der Waals surface area contributed by atoms with Crippen molar-refractivity contribution in [3.63, 3.8) is 0 Å². The number of alkyl halides is 3. The number of para-hydroxylation sites is 1. The summed E-state index contributed by atoms with van der Waals surface area (Å²) in [5, 5.41) is 2.90. The van der Waals surface area contributed by atoms with Crippen LogP contribution in [0.25, 0.3) is 0 Å². The lowest BCUT2D eigenvalue weighted by molar-refractivity contribution is -0.182. The third kappa shape index (κ3) is 3.65. The van der Waals surface area contributed by atoms with Crippen LogP contribution in [0.3, 0.4) is 0 Å². The Morgan fingerprint density at radius 3 is 2.89 bits per heavy atom. The van der Waals surface area contributed by atoms with Gasteiger partial charge in [0.1, 0.15) is 21.9 Å². The minimum atomic E-state index is -4.24. The SMILES string of the molecule is O=C(NC1COc2ccccc2C1)c1nc2n(c1I)CC(C(F)(F)F)CC2. The molecule has 2 aromatic rings. The predicted octanol–water partition coefficient (Wildman–Crippen LogP) is 3.35. The third-order valence-corrected chi connectivity index (χ3v) is 6.09. The fraction of sp³-hybridized carbons (Fsp3) is 0.444. The van der Waals surface area contributed by atoms with E-state index in [4.69, 9.17) is 4.74 Å². The molecule has 2 unspecified atom stereocenters. The molecule has 1 amide bonds. The summed E-state index contributed by atoms with van der Waals surface area (Å²) >= 11 is 1.91. The van der Waals surface area contributed by atoms with Crippen LogP contribution in [-0.4, -0.2) is 34.3 Å². The number of carbonyl (C=O) groups excluding carboxylic acids is 1. The highest BCUT2D eigenvalue weighted by atomic mass is 127. The van der Waals surface area contributed by atoms with E-state index in [0.29, 0.717) is 22.6 Å². The minimum absolute atomic E-state index is 0.00486. The van der Waals surface area contributed by atoms with E-state index in [-0.39, 0.29) is 37.0 Å². The fourth-order valence-corrected chi connectivity index (χ4v) is 4.40. The smallest absolute Gasteiger partial charge is 0.393 e. The summed E-state index contributed by atoms with van der Waals surface area (Å²) in [6.07, 6.45) is -3.37. The maximum atomic E-state index is 13.0. The minimum Gasteiger partial charge on any atom is -0.491 e. The van der Waals surface area contributed by atoms with Crippen molar-refractivity contribution >= 4 is 28.5 Å². The topological polar surface area (TPSA) is 56.1 Å². The maximum Gasteiger partial charge on any atom is 0.393 e. The molecule has 2 aliphatic heterocycles. The molecule has 27 heavy (non-hydrogen) atoms. The van der Waals surface area contributed by atoms with E-state index >= 15 is 0 Å². The van der Waals surface area contributed by atoms with Crippen LogP contribution in [0.1, 0.15) is 28.3 Å². The van der Waals surface area contributed by atoms with Gasteiger partial charge in [0.25, 0.3) is 5.91 Å². The number of nitrogens with zero attached hydrogens (tertiary/aromatic N) is 2. The van der Waals surface area contributed by atoms with E-state index in [1.807, 2.05) is 46.9 Å². The van der Waals surface area contributed by atoms with Crippen LogP contribution in [0.5, 0.6) is 5.75 Å².